The molecule has 0 aliphatic rings. The second-order valence-corrected chi connectivity index (χ2v) is 17.8. The van der Waals surface area contributed by atoms with E-state index in [9.17, 15) is 38.4 Å². The lowest BCUT2D eigenvalue weighted by atomic mass is 9.79. The number of carbonyl (C=O) groups is 8. The third-order valence-electron chi connectivity index (χ3n) is 9.07. The Morgan fingerprint density at radius 3 is 1.18 bits per heavy atom. The minimum absolute atomic E-state index is 0.00944. The summed E-state index contributed by atoms with van der Waals surface area (Å²) in [5.41, 5.74) is 0.971. The molecule has 0 aliphatic heterocycles. The molecule has 0 rings (SSSR count). The standard InChI is InChI=1S/2C24H39NO8/c1-17(2)21(27)31-12-11-30-20(26)9-8-10-24(6,7)15-19(5)16-25-23(29)33-14-13-32-22(28)18(3)4;1-17(2)21(27)31-12-11-30-20(26)10-8-9-19(5)15-24(6,7)16-25-23(29)33-14-13-32-22(28)18(3)4/h2*19H,1,3,8-16H2,2,4-7H3,(H,25,29). The number of nitrogens with one attached hydrogen (secondary N) is 2. The molecule has 0 aliphatic carbocycles. The molecule has 2 N–H and O–H groups in total. The first-order chi connectivity index (χ1) is 30.7. The first-order valence-electron chi connectivity index (χ1n) is 22.1. The predicted octanol–water partition coefficient (Wildman–Crippen LogP) is 7.43. The predicted molar refractivity (Wildman–Crippen MR) is 247 cm³/mol. The smallest absolute Gasteiger partial charge is 0.407 e. The van der Waals surface area contributed by atoms with Crippen molar-refractivity contribution in [2.45, 2.75) is 121 Å². The number of rotatable bonds is 32. The van der Waals surface area contributed by atoms with Crippen molar-refractivity contribution in [2.75, 3.05) is 65.9 Å². The topological polar surface area (TPSA) is 234 Å². The fourth-order valence-electron chi connectivity index (χ4n) is 5.97. The molecule has 2 amide bonds. The van der Waals surface area contributed by atoms with Gasteiger partial charge in [0.2, 0.25) is 0 Å². The van der Waals surface area contributed by atoms with Crippen LogP contribution in [0.1, 0.15) is 121 Å². The van der Waals surface area contributed by atoms with Crippen molar-refractivity contribution in [2.24, 2.45) is 22.7 Å². The zero-order valence-corrected chi connectivity index (χ0v) is 41.2. The molecule has 0 bridgehead atoms. The molecule has 0 spiro atoms. The Labute approximate surface area is 391 Å². The van der Waals surface area contributed by atoms with E-state index in [0.717, 1.165) is 25.7 Å². The number of esters is 6. The van der Waals surface area contributed by atoms with Crippen LogP contribution >= 0.6 is 0 Å². The van der Waals surface area contributed by atoms with Crippen molar-refractivity contribution in [1.29, 1.82) is 0 Å². The van der Waals surface area contributed by atoms with E-state index in [2.05, 4.69) is 57.7 Å². The molecular formula is C48H78N2O16. The molecule has 0 saturated heterocycles. The number of alkyl carbamates (subject to hydrolysis) is 2. The van der Waals surface area contributed by atoms with Crippen molar-refractivity contribution in [1.82, 2.24) is 10.6 Å². The highest BCUT2D eigenvalue weighted by Crippen LogP contribution is 2.31. The maximum atomic E-state index is 11.8. The second-order valence-electron chi connectivity index (χ2n) is 17.8. The fraction of sp³-hybridized carbons (Fsp3) is 0.667. The van der Waals surface area contributed by atoms with Crippen LogP contribution in [0.15, 0.2) is 48.6 Å². The van der Waals surface area contributed by atoms with E-state index in [0.29, 0.717) is 49.4 Å². The van der Waals surface area contributed by atoms with E-state index in [1.165, 1.54) is 13.8 Å². The van der Waals surface area contributed by atoms with Gasteiger partial charge in [0.25, 0.3) is 0 Å². The molecule has 18 nitrogen and oxygen atoms in total. The van der Waals surface area contributed by atoms with Crippen LogP contribution in [0, 0.1) is 22.7 Å². The van der Waals surface area contributed by atoms with Gasteiger partial charge in [0, 0.05) is 48.2 Å². The van der Waals surface area contributed by atoms with E-state index in [-0.39, 0.29) is 99.1 Å². The highest BCUT2D eigenvalue weighted by molar-refractivity contribution is 5.88. The van der Waals surface area contributed by atoms with Crippen molar-refractivity contribution >= 4 is 48.0 Å². The van der Waals surface area contributed by atoms with Gasteiger partial charge in [0.15, 0.2) is 0 Å². The van der Waals surface area contributed by atoms with Crippen LogP contribution in [0.5, 0.6) is 0 Å². The molecule has 2 unspecified atom stereocenters. The van der Waals surface area contributed by atoms with Crippen molar-refractivity contribution in [3.8, 4) is 0 Å². The molecule has 0 saturated carbocycles. The molecule has 0 aromatic heterocycles. The summed E-state index contributed by atoms with van der Waals surface area (Å²) in [5, 5.41) is 5.42. The van der Waals surface area contributed by atoms with Gasteiger partial charge in [-0.3, -0.25) is 9.59 Å². The highest BCUT2D eigenvalue weighted by Gasteiger charge is 2.24. The largest absolute Gasteiger partial charge is 0.462 e. The lowest BCUT2D eigenvalue weighted by molar-refractivity contribution is -0.150. The van der Waals surface area contributed by atoms with Crippen molar-refractivity contribution in [3.63, 3.8) is 0 Å². The molecule has 66 heavy (non-hydrogen) atoms. The lowest BCUT2D eigenvalue weighted by Gasteiger charge is -2.28. The lowest BCUT2D eigenvalue weighted by Crippen LogP contribution is -2.35. The molecule has 0 fully saturated rings. The summed E-state index contributed by atoms with van der Waals surface area (Å²) in [6, 6.07) is 0. The van der Waals surface area contributed by atoms with Gasteiger partial charge in [0.1, 0.15) is 52.9 Å². The summed E-state index contributed by atoms with van der Waals surface area (Å²) in [6.07, 6.45) is 4.12. The van der Waals surface area contributed by atoms with E-state index in [4.69, 9.17) is 37.9 Å². The van der Waals surface area contributed by atoms with Gasteiger partial charge in [-0.15, -0.1) is 0 Å². The SMILES string of the molecule is C=C(C)C(=O)OCCOC(=O)CCCC(C)(C)CC(C)CNC(=O)OCCOC(=O)C(=C)C.C=C(C)C(=O)OCCOC(=O)CCCC(C)CC(C)(C)CNC(=O)OCCOC(=O)C(=C)C. The Hall–Kier alpha value is -5.68. The summed E-state index contributed by atoms with van der Waals surface area (Å²) in [7, 11) is 0. The summed E-state index contributed by atoms with van der Waals surface area (Å²) < 4.78 is 39.5. The summed E-state index contributed by atoms with van der Waals surface area (Å²) >= 11 is 0. The maximum absolute atomic E-state index is 11.8. The Bertz CT molecular complexity index is 1630. The van der Waals surface area contributed by atoms with E-state index >= 15 is 0 Å². The summed E-state index contributed by atoms with van der Waals surface area (Å²) in [6.45, 7) is 33.3. The Morgan fingerprint density at radius 1 is 0.455 bits per heavy atom. The number of hydrogen-bond acceptors (Lipinski definition) is 16. The average molecular weight is 939 g/mol. The highest BCUT2D eigenvalue weighted by atomic mass is 16.6. The van der Waals surface area contributed by atoms with Gasteiger partial charge in [0.05, 0.1) is 0 Å². The van der Waals surface area contributed by atoms with Gasteiger partial charge < -0.3 is 48.5 Å². The molecule has 0 heterocycles. The van der Waals surface area contributed by atoms with Gasteiger partial charge in [-0.2, -0.15) is 0 Å². The molecular weight excluding hydrogens is 861 g/mol. The first-order valence-corrected chi connectivity index (χ1v) is 22.1. The molecule has 18 heteroatoms. The zero-order valence-electron chi connectivity index (χ0n) is 41.2. The van der Waals surface area contributed by atoms with Crippen LogP contribution in [0.3, 0.4) is 0 Å². The summed E-state index contributed by atoms with van der Waals surface area (Å²) in [4.78, 5) is 92.1. The minimum atomic E-state index is -0.571. The normalized spacial score (nSPS) is 11.7. The Kier molecular flexibility index (Phi) is 32.8. The van der Waals surface area contributed by atoms with Gasteiger partial charge in [-0.05, 0) is 82.5 Å². The number of hydrogen-bond donors (Lipinski definition) is 2. The maximum Gasteiger partial charge on any atom is 0.407 e. The molecule has 0 aromatic rings. The van der Waals surface area contributed by atoms with E-state index in [1.54, 1.807) is 13.8 Å². The molecule has 0 radical (unpaired) electrons. The van der Waals surface area contributed by atoms with Gasteiger partial charge in [-0.25, -0.2) is 28.8 Å². The van der Waals surface area contributed by atoms with Crippen LogP contribution in [-0.2, 0) is 66.7 Å². The van der Waals surface area contributed by atoms with Crippen LogP contribution in [0.25, 0.3) is 0 Å². The quantitative estimate of drug-likeness (QED) is 0.0289. The van der Waals surface area contributed by atoms with Crippen LogP contribution in [0.4, 0.5) is 9.59 Å². The minimum Gasteiger partial charge on any atom is -0.462 e. The van der Waals surface area contributed by atoms with Crippen LogP contribution < -0.4 is 10.6 Å². The van der Waals surface area contributed by atoms with Gasteiger partial charge >= 0.3 is 48.0 Å². The van der Waals surface area contributed by atoms with E-state index < -0.39 is 36.1 Å². The molecule has 0 aromatic carbocycles. The van der Waals surface area contributed by atoms with E-state index in [1.807, 2.05) is 20.8 Å². The number of amides is 2. The third kappa shape index (κ3) is 36.6. The summed E-state index contributed by atoms with van der Waals surface area (Å²) in [5.74, 6) is -2.18. The monoisotopic (exact) mass is 939 g/mol. The average Bonchev–Trinajstić information content (AvgIpc) is 3.21. The van der Waals surface area contributed by atoms with Crippen molar-refractivity contribution < 1.29 is 76.3 Å². The van der Waals surface area contributed by atoms with Crippen LogP contribution in [0.2, 0.25) is 0 Å². The molecule has 2 atom stereocenters. The van der Waals surface area contributed by atoms with Gasteiger partial charge in [-0.1, -0.05) is 74.3 Å². The fourth-order valence-corrected chi connectivity index (χ4v) is 5.97. The first kappa shape index (κ1) is 62.4. The Balaban J connectivity index is 0. The zero-order chi connectivity index (χ0) is 50.9. The van der Waals surface area contributed by atoms with Crippen LogP contribution in [-0.4, -0.2) is 114 Å². The third-order valence-corrected chi connectivity index (χ3v) is 9.07. The Morgan fingerprint density at radius 2 is 0.788 bits per heavy atom. The number of ether oxygens (including phenoxy) is 8. The number of carbonyl (C=O) groups excluding carboxylic acids is 8. The molecule has 376 valence electrons. The van der Waals surface area contributed by atoms with Crippen molar-refractivity contribution in [3.05, 3.63) is 48.6 Å². The second kappa shape index (κ2) is 34.6.